The Hall–Kier alpha value is -2.46. The third kappa shape index (κ3) is 4.34. The third-order valence-corrected chi connectivity index (χ3v) is 6.73. The van der Waals surface area contributed by atoms with Gasteiger partial charge in [-0.15, -0.1) is 0 Å². The highest BCUT2D eigenvalue weighted by molar-refractivity contribution is 7.27. The second kappa shape index (κ2) is 8.73. The van der Waals surface area contributed by atoms with Crippen molar-refractivity contribution >= 4 is 34.6 Å². The van der Waals surface area contributed by atoms with Crippen LogP contribution < -0.4 is 4.06 Å². The first-order chi connectivity index (χ1) is 14.2. The molecule has 1 aliphatic rings. The molecule has 0 spiro atoms. The molecule has 2 aromatic rings. The summed E-state index contributed by atoms with van der Waals surface area (Å²) in [6.45, 7) is 3.25. The normalized spacial score (nSPS) is 16.2. The Morgan fingerprint density at radius 1 is 1.10 bits per heavy atom. The lowest BCUT2D eigenvalue weighted by Gasteiger charge is -2.27. The van der Waals surface area contributed by atoms with Crippen LogP contribution in [0.1, 0.15) is 40.6 Å². The number of ether oxygens (including phenoxy) is 2. The second-order valence-electron chi connectivity index (χ2n) is 6.31. The van der Waals surface area contributed by atoms with Gasteiger partial charge in [0.15, 0.2) is 0 Å². The quantitative estimate of drug-likeness (QED) is 0.625. The maximum absolute atomic E-state index is 13.3. The van der Waals surface area contributed by atoms with Gasteiger partial charge in [0, 0.05) is 16.2 Å². The molecule has 1 atom stereocenters. The van der Waals surface area contributed by atoms with Crippen LogP contribution in [-0.2, 0) is 31.7 Å². The Bertz CT molecular complexity index is 1060. The first kappa shape index (κ1) is 22.2. The molecule has 10 heteroatoms. The van der Waals surface area contributed by atoms with Crippen LogP contribution in [0, 0.1) is 0 Å². The number of fused-ring (bicyclic) bond motifs is 1. The van der Waals surface area contributed by atoms with Crippen molar-refractivity contribution in [2.75, 3.05) is 13.2 Å². The van der Waals surface area contributed by atoms with Gasteiger partial charge in [0.25, 0.3) is 4.06 Å². The van der Waals surface area contributed by atoms with Gasteiger partial charge in [-0.3, -0.25) is 4.79 Å². The molecule has 0 aliphatic heterocycles. The zero-order valence-corrected chi connectivity index (χ0v) is 17.6. The molecule has 0 radical (unpaired) electrons. The molecule has 1 unspecified atom stereocenters. The number of alkyl halides is 3. The fourth-order valence-electron chi connectivity index (χ4n) is 3.29. The summed E-state index contributed by atoms with van der Waals surface area (Å²) in [6.07, 6.45) is -4.60. The third-order valence-electron chi connectivity index (χ3n) is 4.45. The number of hydrogen-bond donors (Lipinski definition) is 0. The molecule has 0 fully saturated rings. The molecule has 0 saturated heterocycles. The van der Waals surface area contributed by atoms with Crippen LogP contribution >= 0.6 is 22.7 Å². The van der Waals surface area contributed by atoms with Crippen LogP contribution in [0.15, 0.2) is 40.2 Å². The minimum absolute atomic E-state index is 0.000684. The van der Waals surface area contributed by atoms with E-state index in [-0.39, 0.29) is 40.4 Å². The number of carbonyl (C=O) groups is 2. The lowest BCUT2D eigenvalue weighted by Crippen LogP contribution is -2.26. The first-order valence-corrected chi connectivity index (χ1v) is 10.7. The number of carbonyl (C=O) groups excluding carboxylic acids is 2. The van der Waals surface area contributed by atoms with Crippen molar-refractivity contribution in [3.8, 4) is 0 Å². The van der Waals surface area contributed by atoms with Crippen molar-refractivity contribution in [1.82, 2.24) is 0 Å². The molecule has 1 aromatic heterocycles. The minimum Gasteiger partial charge on any atom is -0.463 e. The Labute approximate surface area is 177 Å². The average molecular weight is 458 g/mol. The van der Waals surface area contributed by atoms with Crippen LogP contribution in [0.3, 0.4) is 0 Å². The van der Waals surface area contributed by atoms with E-state index >= 15 is 0 Å². The Kier molecular flexibility index (Phi) is 6.47. The van der Waals surface area contributed by atoms with Crippen LogP contribution in [0.5, 0.6) is 0 Å². The SMILES string of the molecule is CCOC(=O)C1=C(C(=O)OCC)C(c2cccc(C(F)(F)F)c2)c2sc(=O)sc2C1. The van der Waals surface area contributed by atoms with Gasteiger partial charge in [-0.05, 0) is 25.5 Å². The highest BCUT2D eigenvalue weighted by atomic mass is 32.2. The van der Waals surface area contributed by atoms with Gasteiger partial charge < -0.3 is 9.47 Å². The summed E-state index contributed by atoms with van der Waals surface area (Å²) in [5, 5.41) is 0. The van der Waals surface area contributed by atoms with Crippen molar-refractivity contribution in [2.24, 2.45) is 0 Å². The van der Waals surface area contributed by atoms with E-state index in [1.165, 1.54) is 12.1 Å². The number of esters is 2. The van der Waals surface area contributed by atoms with E-state index in [9.17, 15) is 27.6 Å². The molecule has 3 rings (SSSR count). The molecular weight excluding hydrogens is 441 g/mol. The van der Waals surface area contributed by atoms with Crippen molar-refractivity contribution < 1.29 is 32.2 Å². The van der Waals surface area contributed by atoms with Crippen LogP contribution in [0.25, 0.3) is 0 Å². The lowest BCUT2D eigenvalue weighted by molar-refractivity contribution is -0.142. The molecule has 0 amide bonds. The zero-order valence-electron chi connectivity index (χ0n) is 16.0. The molecular formula is C20H17F3O5S2. The predicted octanol–water partition coefficient (Wildman–Crippen LogP) is 4.30. The van der Waals surface area contributed by atoms with Crippen molar-refractivity contribution in [2.45, 2.75) is 32.4 Å². The average Bonchev–Trinajstić information content (AvgIpc) is 3.06. The topological polar surface area (TPSA) is 69.7 Å². The standard InChI is InChI=1S/C20H17F3O5S2/c1-3-27-17(24)12-9-13-16(30-19(26)29-13)14(15(12)18(25)28-4-2)10-6-5-7-11(8-10)20(21,22)23/h5-8,14H,3-4,9H2,1-2H3. The van der Waals surface area contributed by atoms with Crippen LogP contribution in [0.4, 0.5) is 13.2 Å². The number of halogens is 3. The van der Waals surface area contributed by atoms with Crippen molar-refractivity contribution in [3.05, 3.63) is 65.1 Å². The van der Waals surface area contributed by atoms with Gasteiger partial charge in [-0.1, -0.05) is 40.9 Å². The van der Waals surface area contributed by atoms with E-state index in [0.29, 0.717) is 9.75 Å². The maximum atomic E-state index is 13.3. The summed E-state index contributed by atoms with van der Waals surface area (Å²) in [6, 6.07) is 4.51. The summed E-state index contributed by atoms with van der Waals surface area (Å²) in [5.74, 6) is -2.60. The van der Waals surface area contributed by atoms with E-state index in [1.807, 2.05) is 0 Å². The zero-order chi connectivity index (χ0) is 22.1. The van der Waals surface area contributed by atoms with Gasteiger partial charge in [0.1, 0.15) is 0 Å². The Balaban J connectivity index is 2.28. The second-order valence-corrected chi connectivity index (χ2v) is 8.65. The van der Waals surface area contributed by atoms with E-state index < -0.39 is 29.6 Å². The molecule has 0 saturated carbocycles. The van der Waals surface area contributed by atoms with Gasteiger partial charge in [0.05, 0.1) is 35.8 Å². The smallest absolute Gasteiger partial charge is 0.416 e. The van der Waals surface area contributed by atoms with E-state index in [1.54, 1.807) is 13.8 Å². The summed E-state index contributed by atoms with van der Waals surface area (Å²) in [5.41, 5.74) is -0.837. The first-order valence-electron chi connectivity index (χ1n) is 9.04. The summed E-state index contributed by atoms with van der Waals surface area (Å²) in [4.78, 5) is 38.5. The molecule has 0 N–H and O–H groups in total. The Morgan fingerprint density at radius 3 is 2.40 bits per heavy atom. The molecule has 1 aliphatic carbocycles. The van der Waals surface area contributed by atoms with Crippen LogP contribution in [-0.4, -0.2) is 25.2 Å². The monoisotopic (exact) mass is 458 g/mol. The van der Waals surface area contributed by atoms with Gasteiger partial charge in [0.2, 0.25) is 0 Å². The highest BCUT2D eigenvalue weighted by Gasteiger charge is 2.40. The van der Waals surface area contributed by atoms with Crippen molar-refractivity contribution in [3.63, 3.8) is 0 Å². The van der Waals surface area contributed by atoms with E-state index in [4.69, 9.17) is 9.47 Å². The molecule has 0 bridgehead atoms. The number of benzene rings is 1. The number of rotatable bonds is 5. The molecule has 160 valence electrons. The summed E-state index contributed by atoms with van der Waals surface area (Å²) in [7, 11) is 0. The van der Waals surface area contributed by atoms with Gasteiger partial charge in [-0.25, -0.2) is 9.59 Å². The largest absolute Gasteiger partial charge is 0.463 e. The molecule has 1 heterocycles. The summed E-state index contributed by atoms with van der Waals surface area (Å²) < 4.78 is 49.8. The molecule has 30 heavy (non-hydrogen) atoms. The Morgan fingerprint density at radius 2 is 1.77 bits per heavy atom. The minimum atomic E-state index is -4.59. The lowest BCUT2D eigenvalue weighted by atomic mass is 9.80. The summed E-state index contributed by atoms with van der Waals surface area (Å²) >= 11 is 1.77. The fraction of sp³-hybridized carbons (Fsp3) is 0.350. The molecule has 5 nitrogen and oxygen atoms in total. The highest BCUT2D eigenvalue weighted by Crippen LogP contribution is 2.45. The predicted molar refractivity (Wildman–Crippen MR) is 106 cm³/mol. The molecule has 1 aromatic carbocycles. The maximum Gasteiger partial charge on any atom is 0.416 e. The fourth-order valence-corrected chi connectivity index (χ4v) is 5.65. The van der Waals surface area contributed by atoms with Crippen LogP contribution in [0.2, 0.25) is 0 Å². The number of hydrogen-bond acceptors (Lipinski definition) is 7. The van der Waals surface area contributed by atoms with E-state index in [0.717, 1.165) is 34.8 Å². The van der Waals surface area contributed by atoms with E-state index in [2.05, 4.69) is 0 Å². The van der Waals surface area contributed by atoms with Crippen molar-refractivity contribution in [1.29, 1.82) is 0 Å². The van der Waals surface area contributed by atoms with Gasteiger partial charge >= 0.3 is 18.1 Å². The van der Waals surface area contributed by atoms with Gasteiger partial charge in [-0.2, -0.15) is 13.2 Å².